The number of carbonyl (C=O) groups is 1. The zero-order valence-corrected chi connectivity index (χ0v) is 15.3. The summed E-state index contributed by atoms with van der Waals surface area (Å²) in [4.78, 5) is 24.5. The van der Waals surface area contributed by atoms with E-state index in [2.05, 4.69) is 11.9 Å². The van der Waals surface area contributed by atoms with Crippen molar-refractivity contribution in [1.29, 1.82) is 0 Å². The average molecular weight is 371 g/mol. The van der Waals surface area contributed by atoms with Gasteiger partial charge in [0.25, 0.3) is 5.69 Å². The molecule has 0 spiro atoms. The highest BCUT2D eigenvalue weighted by Gasteiger charge is 2.44. The molecule has 2 rings (SSSR count). The Labute approximate surface area is 157 Å². The first-order chi connectivity index (χ1) is 12.8. The standard InChI is InChI=1S/C20H22FN3O3/c1-4-20(21,16-10-12-17(13-11-16)24(26)27)18(23(2)3)19(25)22-14-15-8-6-5-7-9-15/h4-13,18H,1,14H2,2-3H3,(H,22,25)/t18-,20+/m0/s1. The van der Waals surface area contributed by atoms with E-state index in [4.69, 9.17) is 0 Å². The summed E-state index contributed by atoms with van der Waals surface area (Å²) in [6.07, 6.45) is 1.06. The first-order valence-corrected chi connectivity index (χ1v) is 8.35. The van der Waals surface area contributed by atoms with Crippen LogP contribution in [0.5, 0.6) is 0 Å². The van der Waals surface area contributed by atoms with E-state index in [1.165, 1.54) is 29.2 Å². The van der Waals surface area contributed by atoms with Crippen molar-refractivity contribution in [3.05, 3.63) is 88.5 Å². The molecule has 0 aromatic heterocycles. The lowest BCUT2D eigenvalue weighted by Gasteiger charge is -2.35. The molecule has 0 aliphatic carbocycles. The van der Waals surface area contributed by atoms with Crippen molar-refractivity contribution < 1.29 is 14.1 Å². The van der Waals surface area contributed by atoms with E-state index in [-0.39, 0.29) is 17.8 Å². The molecule has 0 saturated heterocycles. The van der Waals surface area contributed by atoms with Gasteiger partial charge in [0, 0.05) is 18.7 Å². The molecule has 142 valence electrons. The van der Waals surface area contributed by atoms with E-state index in [1.54, 1.807) is 14.1 Å². The van der Waals surface area contributed by atoms with E-state index < -0.39 is 22.5 Å². The molecule has 1 amide bonds. The molecule has 27 heavy (non-hydrogen) atoms. The Hall–Kier alpha value is -3.06. The molecule has 2 aromatic rings. The third-order valence-electron chi connectivity index (χ3n) is 4.29. The Balaban J connectivity index is 2.28. The van der Waals surface area contributed by atoms with Gasteiger partial charge in [0.05, 0.1) is 4.92 Å². The SMILES string of the molecule is C=C[C@@](F)(c1ccc([N+](=O)[O-])cc1)[C@H](C(=O)NCc1ccccc1)N(C)C. The molecule has 0 unspecified atom stereocenters. The summed E-state index contributed by atoms with van der Waals surface area (Å²) >= 11 is 0. The van der Waals surface area contributed by atoms with Crippen molar-refractivity contribution >= 4 is 11.6 Å². The van der Waals surface area contributed by atoms with Crippen LogP contribution in [-0.2, 0) is 17.0 Å². The molecule has 6 nitrogen and oxygen atoms in total. The van der Waals surface area contributed by atoms with Gasteiger partial charge in [-0.2, -0.15) is 0 Å². The number of nitrogens with one attached hydrogen (secondary N) is 1. The highest BCUT2D eigenvalue weighted by Crippen LogP contribution is 2.34. The predicted octanol–water partition coefficient (Wildman–Crippen LogP) is 3.19. The van der Waals surface area contributed by atoms with Gasteiger partial charge in [0.15, 0.2) is 5.67 Å². The first-order valence-electron chi connectivity index (χ1n) is 8.35. The quantitative estimate of drug-likeness (QED) is 0.439. The van der Waals surface area contributed by atoms with Crippen LogP contribution in [0.25, 0.3) is 0 Å². The zero-order chi connectivity index (χ0) is 20.0. The molecule has 1 N–H and O–H groups in total. The lowest BCUT2D eigenvalue weighted by molar-refractivity contribution is -0.384. The minimum Gasteiger partial charge on any atom is -0.351 e. The zero-order valence-electron chi connectivity index (χ0n) is 15.3. The number of carbonyl (C=O) groups excluding carboxylic acids is 1. The molecule has 0 aliphatic rings. The highest BCUT2D eigenvalue weighted by atomic mass is 19.1. The van der Waals surface area contributed by atoms with Crippen LogP contribution in [0.1, 0.15) is 11.1 Å². The Bertz CT molecular complexity index is 809. The fraction of sp³-hybridized carbons (Fsp3) is 0.250. The Morgan fingerprint density at radius 3 is 2.33 bits per heavy atom. The molecule has 2 aromatic carbocycles. The van der Waals surface area contributed by atoms with Crippen LogP contribution in [0.4, 0.5) is 10.1 Å². The van der Waals surface area contributed by atoms with Crippen molar-refractivity contribution in [1.82, 2.24) is 10.2 Å². The van der Waals surface area contributed by atoms with Gasteiger partial charge in [-0.15, -0.1) is 0 Å². The van der Waals surface area contributed by atoms with E-state index in [0.717, 1.165) is 11.6 Å². The van der Waals surface area contributed by atoms with Gasteiger partial charge in [-0.1, -0.05) is 36.9 Å². The number of likely N-dealkylation sites (N-methyl/N-ethyl adjacent to an activating group) is 1. The molecule has 0 fully saturated rings. The third kappa shape index (κ3) is 4.57. The second-order valence-electron chi connectivity index (χ2n) is 6.35. The number of amides is 1. The summed E-state index contributed by atoms with van der Waals surface area (Å²) in [7, 11) is 3.19. The molecule has 0 aliphatic heterocycles. The molecule has 0 heterocycles. The molecular formula is C20H22FN3O3. The summed E-state index contributed by atoms with van der Waals surface area (Å²) in [5.74, 6) is -0.510. The number of rotatable bonds is 8. The summed E-state index contributed by atoms with van der Waals surface area (Å²) < 4.78 is 15.9. The Kier molecular flexibility index (Phi) is 6.41. The van der Waals surface area contributed by atoms with Crippen LogP contribution in [-0.4, -0.2) is 35.9 Å². The van der Waals surface area contributed by atoms with E-state index in [0.29, 0.717) is 0 Å². The first kappa shape index (κ1) is 20.3. The van der Waals surface area contributed by atoms with E-state index >= 15 is 4.39 Å². The molecule has 0 saturated carbocycles. The van der Waals surface area contributed by atoms with Crippen molar-refractivity contribution in [2.75, 3.05) is 14.1 Å². The second-order valence-corrected chi connectivity index (χ2v) is 6.35. The minimum atomic E-state index is -2.22. The lowest BCUT2D eigenvalue weighted by Crippen LogP contribution is -2.53. The fourth-order valence-electron chi connectivity index (χ4n) is 2.91. The van der Waals surface area contributed by atoms with Gasteiger partial charge in [-0.25, -0.2) is 4.39 Å². The van der Waals surface area contributed by atoms with E-state index in [9.17, 15) is 14.9 Å². The maximum Gasteiger partial charge on any atom is 0.269 e. The van der Waals surface area contributed by atoms with Crippen LogP contribution in [0.15, 0.2) is 67.3 Å². The normalized spacial score (nSPS) is 14.2. The summed E-state index contributed by atoms with van der Waals surface area (Å²) in [5, 5.41) is 13.6. The van der Waals surface area contributed by atoms with Crippen molar-refractivity contribution in [2.45, 2.75) is 18.3 Å². The number of alkyl halides is 1. The number of halogens is 1. The smallest absolute Gasteiger partial charge is 0.269 e. The molecule has 0 bridgehead atoms. The number of nitro groups is 1. The molecule has 2 atom stereocenters. The maximum atomic E-state index is 15.9. The monoisotopic (exact) mass is 371 g/mol. The van der Waals surface area contributed by atoms with Crippen LogP contribution >= 0.6 is 0 Å². The molecule has 7 heteroatoms. The number of hydrogen-bond donors (Lipinski definition) is 1. The van der Waals surface area contributed by atoms with Gasteiger partial charge in [0.1, 0.15) is 6.04 Å². The maximum absolute atomic E-state index is 15.9. The number of benzene rings is 2. The van der Waals surface area contributed by atoms with Gasteiger partial charge in [0.2, 0.25) is 5.91 Å². The van der Waals surface area contributed by atoms with Crippen molar-refractivity contribution in [3.8, 4) is 0 Å². The lowest BCUT2D eigenvalue weighted by atomic mass is 9.86. The van der Waals surface area contributed by atoms with Crippen LogP contribution in [0.2, 0.25) is 0 Å². The van der Waals surface area contributed by atoms with Crippen molar-refractivity contribution in [2.24, 2.45) is 0 Å². The highest BCUT2D eigenvalue weighted by molar-refractivity contribution is 5.84. The Morgan fingerprint density at radius 2 is 1.85 bits per heavy atom. The largest absolute Gasteiger partial charge is 0.351 e. The van der Waals surface area contributed by atoms with Crippen LogP contribution in [0, 0.1) is 10.1 Å². The van der Waals surface area contributed by atoms with Crippen LogP contribution in [0.3, 0.4) is 0 Å². The summed E-state index contributed by atoms with van der Waals surface area (Å²) in [6, 6.07) is 13.1. The minimum absolute atomic E-state index is 0.122. The number of non-ortho nitro benzene ring substituents is 1. The molecular weight excluding hydrogens is 349 g/mol. The third-order valence-corrected chi connectivity index (χ3v) is 4.29. The van der Waals surface area contributed by atoms with Gasteiger partial charge in [-0.05, 0) is 43.4 Å². The summed E-state index contributed by atoms with van der Waals surface area (Å²) in [5.41, 5.74) is -1.36. The summed E-state index contributed by atoms with van der Waals surface area (Å²) in [6.45, 7) is 3.82. The Morgan fingerprint density at radius 1 is 1.26 bits per heavy atom. The second kappa shape index (κ2) is 8.55. The van der Waals surface area contributed by atoms with Gasteiger partial charge >= 0.3 is 0 Å². The number of hydrogen-bond acceptors (Lipinski definition) is 4. The van der Waals surface area contributed by atoms with Crippen molar-refractivity contribution in [3.63, 3.8) is 0 Å². The average Bonchev–Trinajstić information content (AvgIpc) is 2.67. The van der Waals surface area contributed by atoms with Gasteiger partial charge < -0.3 is 5.32 Å². The van der Waals surface area contributed by atoms with Crippen LogP contribution < -0.4 is 5.32 Å². The number of nitro benzene ring substituents is 1. The number of nitrogens with zero attached hydrogens (tertiary/aromatic N) is 2. The topological polar surface area (TPSA) is 75.5 Å². The molecule has 0 radical (unpaired) electrons. The van der Waals surface area contributed by atoms with E-state index in [1.807, 2.05) is 30.3 Å². The predicted molar refractivity (Wildman–Crippen MR) is 102 cm³/mol. The van der Waals surface area contributed by atoms with Gasteiger partial charge in [-0.3, -0.25) is 19.8 Å². The fourth-order valence-corrected chi connectivity index (χ4v) is 2.91.